The normalized spacial score (nSPS) is 20.2. The summed E-state index contributed by atoms with van der Waals surface area (Å²) in [7, 11) is 0. The van der Waals surface area contributed by atoms with Crippen LogP contribution in [0.3, 0.4) is 0 Å². The Bertz CT molecular complexity index is 1140. The summed E-state index contributed by atoms with van der Waals surface area (Å²) in [4.78, 5) is 11.8. The van der Waals surface area contributed by atoms with Crippen molar-refractivity contribution in [1.29, 1.82) is 0 Å². The average molecular weight is 722 g/mol. The maximum atomic E-state index is 11.8. The van der Waals surface area contributed by atoms with Crippen LogP contribution in [0.25, 0.3) is 0 Å². The smallest absolute Gasteiger partial charge is 0.181 e. The lowest BCUT2D eigenvalue weighted by Gasteiger charge is -2.39. The molecule has 0 heterocycles. The van der Waals surface area contributed by atoms with E-state index in [-0.39, 0.29) is 28.6 Å². The van der Waals surface area contributed by atoms with Crippen LogP contribution in [0.4, 0.5) is 0 Å². The number of carbonyl (C=O) groups is 1. The fourth-order valence-electron chi connectivity index (χ4n) is 7.69. The van der Waals surface area contributed by atoms with Crippen molar-refractivity contribution in [1.82, 2.24) is 16.0 Å². The van der Waals surface area contributed by atoms with E-state index in [0.29, 0.717) is 24.2 Å². The first-order valence-electron chi connectivity index (χ1n) is 21.0. The molecule has 300 valence electrons. The van der Waals surface area contributed by atoms with Gasteiger partial charge in [0.2, 0.25) is 0 Å². The van der Waals surface area contributed by atoms with Gasteiger partial charge in [0.25, 0.3) is 0 Å². The summed E-state index contributed by atoms with van der Waals surface area (Å²) in [6, 6.07) is 0.493. The summed E-state index contributed by atoms with van der Waals surface area (Å²) in [6.07, 6.45) is 14.4. The molecule has 0 bridgehead atoms. The third-order valence-electron chi connectivity index (χ3n) is 11.3. The summed E-state index contributed by atoms with van der Waals surface area (Å²) >= 11 is 0. The zero-order valence-electron chi connectivity index (χ0n) is 36.8. The third kappa shape index (κ3) is 18.0. The fraction of sp³-hybridized carbons (Fsp3) is 0.729. The molecule has 2 fully saturated rings. The van der Waals surface area contributed by atoms with Crippen molar-refractivity contribution in [3.8, 4) is 0 Å². The van der Waals surface area contributed by atoms with Crippen molar-refractivity contribution < 1.29 is 4.79 Å². The molecule has 7 atom stereocenters. The second-order valence-electron chi connectivity index (χ2n) is 18.0. The minimum atomic E-state index is 0.0367. The van der Waals surface area contributed by atoms with Gasteiger partial charge >= 0.3 is 0 Å². The highest BCUT2D eigenvalue weighted by molar-refractivity contribution is 5.96. The van der Waals surface area contributed by atoms with Crippen LogP contribution in [-0.2, 0) is 4.79 Å². The van der Waals surface area contributed by atoms with E-state index in [9.17, 15) is 4.79 Å². The molecule has 4 heteroatoms. The maximum Gasteiger partial charge on any atom is 0.181 e. The Kier molecular flexibility index (Phi) is 22.9. The molecule has 0 aromatic heterocycles. The van der Waals surface area contributed by atoms with Gasteiger partial charge in [0.15, 0.2) is 5.78 Å². The Balaban J connectivity index is 0.00000136. The van der Waals surface area contributed by atoms with Crippen molar-refractivity contribution in [2.75, 3.05) is 6.54 Å². The molecule has 0 spiro atoms. The molecule has 0 aromatic carbocycles. The average Bonchev–Trinajstić information content (AvgIpc) is 4.01. The van der Waals surface area contributed by atoms with Crippen molar-refractivity contribution >= 4 is 5.78 Å². The molecule has 3 N–H and O–H groups in total. The Hall–Kier alpha value is -2.49. The number of nitrogens with one attached hydrogen (secondary N) is 3. The van der Waals surface area contributed by atoms with Gasteiger partial charge in [0.05, 0.1) is 17.6 Å². The summed E-state index contributed by atoms with van der Waals surface area (Å²) in [5.74, 6) is 5.08. The van der Waals surface area contributed by atoms with Crippen LogP contribution in [-0.4, -0.2) is 24.4 Å². The summed E-state index contributed by atoms with van der Waals surface area (Å²) < 4.78 is 0. The topological polar surface area (TPSA) is 53.2 Å². The van der Waals surface area contributed by atoms with E-state index in [2.05, 4.69) is 125 Å². The number of Topliss-reactive ketones (excluding diaryl/α,β-unsaturated/α-hetero) is 1. The van der Waals surface area contributed by atoms with Gasteiger partial charge in [-0.1, -0.05) is 164 Å². The highest BCUT2D eigenvalue weighted by Gasteiger charge is 2.50. The van der Waals surface area contributed by atoms with E-state index in [1.54, 1.807) is 6.08 Å². The summed E-state index contributed by atoms with van der Waals surface area (Å²) in [5, 5.41) is 10.5. The number of ketones is 1. The zero-order valence-corrected chi connectivity index (χ0v) is 36.8. The highest BCUT2D eigenvalue weighted by atomic mass is 16.1. The molecule has 0 aliphatic heterocycles. The molecule has 2 saturated carbocycles. The monoisotopic (exact) mass is 722 g/mol. The Morgan fingerprint density at radius 2 is 1.48 bits per heavy atom. The lowest BCUT2D eigenvalue weighted by Crippen LogP contribution is -2.48. The van der Waals surface area contributed by atoms with E-state index in [1.165, 1.54) is 48.8 Å². The fourth-order valence-corrected chi connectivity index (χ4v) is 7.69. The number of hydrogen-bond donors (Lipinski definition) is 3. The van der Waals surface area contributed by atoms with Crippen LogP contribution in [0.5, 0.6) is 0 Å². The van der Waals surface area contributed by atoms with E-state index in [0.717, 1.165) is 68.0 Å². The standard InChI is InChI=1S/C34H60N2.C12H21NO.C2H6/c1-14-28-25(6)31(28)29(22(2)3)21-24(5)32(34(11,12)13)36-26(7)35-30(33(8,9)10)20-16-23(4)15-17-27-18-19-27;1-5-8-11(7-3)12(14)10(4)13-9-6-2;1-2/h25,27-32,35-36H,2,4-5,7,14-21H2,1,3,6,8-13H3;6,11,13H,2,4-5,7-9H2,1,3H3;1-2H3/t25?,28-,29?,30?,31+,32?;;/m1../s1. The van der Waals surface area contributed by atoms with Gasteiger partial charge in [-0.15, -0.1) is 6.58 Å². The van der Waals surface area contributed by atoms with Gasteiger partial charge < -0.3 is 16.0 Å². The van der Waals surface area contributed by atoms with Crippen molar-refractivity contribution in [3.05, 3.63) is 73.8 Å². The minimum Gasteiger partial charge on any atom is -0.379 e. The van der Waals surface area contributed by atoms with E-state index >= 15 is 0 Å². The number of rotatable bonds is 24. The number of carbonyl (C=O) groups excluding carboxylic acids is 1. The molecule has 0 saturated heterocycles. The second-order valence-corrected chi connectivity index (χ2v) is 18.0. The SMILES string of the molecule is C=C(CCC1CC1)CCC(NC(=C)NC(C(=C)CC(C(=C)C)[C@H]1C(C)[C@H]1CC)C(C)(C)C)C(C)(C)C.C=CCNC(=C)C(=O)C(CC)CCC.CC. The van der Waals surface area contributed by atoms with Crippen LogP contribution in [0, 0.1) is 46.3 Å². The van der Waals surface area contributed by atoms with Gasteiger partial charge in [-0.2, -0.15) is 0 Å². The van der Waals surface area contributed by atoms with Gasteiger partial charge in [-0.25, -0.2) is 0 Å². The Morgan fingerprint density at radius 1 is 0.885 bits per heavy atom. The molecule has 4 nitrogen and oxygen atoms in total. The number of allylic oxidation sites excluding steroid dienone is 3. The van der Waals surface area contributed by atoms with E-state index in [1.807, 2.05) is 20.8 Å². The largest absolute Gasteiger partial charge is 0.379 e. The summed E-state index contributed by atoms with van der Waals surface area (Å²) in [5.41, 5.74) is 4.68. The van der Waals surface area contributed by atoms with Crippen LogP contribution in [0.15, 0.2) is 73.8 Å². The van der Waals surface area contributed by atoms with E-state index < -0.39 is 0 Å². The van der Waals surface area contributed by atoms with Crippen LogP contribution in [0.1, 0.15) is 161 Å². The Labute approximate surface area is 325 Å². The second kappa shape index (κ2) is 24.0. The molecule has 2 aliphatic rings. The van der Waals surface area contributed by atoms with Gasteiger partial charge in [0, 0.05) is 18.5 Å². The minimum absolute atomic E-state index is 0.0367. The lowest BCUT2D eigenvalue weighted by atomic mass is 9.77. The van der Waals surface area contributed by atoms with Crippen LogP contribution in [0.2, 0.25) is 0 Å². The molecule has 5 unspecified atom stereocenters. The first-order chi connectivity index (χ1) is 24.2. The molecular formula is C48H87N3O. The molecule has 2 aliphatic carbocycles. The predicted molar refractivity (Wildman–Crippen MR) is 233 cm³/mol. The molecule has 2 rings (SSSR count). The molecule has 0 radical (unpaired) electrons. The third-order valence-corrected chi connectivity index (χ3v) is 11.3. The summed E-state index contributed by atoms with van der Waals surface area (Å²) in [6.45, 7) is 54.7. The molecule has 0 aromatic rings. The number of hydrogen-bond acceptors (Lipinski definition) is 4. The van der Waals surface area contributed by atoms with Crippen molar-refractivity contribution in [2.45, 2.75) is 173 Å². The Morgan fingerprint density at radius 3 is 1.90 bits per heavy atom. The highest BCUT2D eigenvalue weighted by Crippen LogP contribution is 2.56. The predicted octanol–water partition coefficient (Wildman–Crippen LogP) is 13.1. The first-order valence-corrected chi connectivity index (χ1v) is 21.0. The van der Waals surface area contributed by atoms with Crippen LogP contribution >= 0.6 is 0 Å². The first kappa shape index (κ1) is 49.5. The molecule has 52 heavy (non-hydrogen) atoms. The van der Waals surface area contributed by atoms with E-state index in [4.69, 9.17) is 0 Å². The molecular weight excluding hydrogens is 635 g/mol. The van der Waals surface area contributed by atoms with Crippen LogP contribution < -0.4 is 16.0 Å². The molecule has 0 amide bonds. The van der Waals surface area contributed by atoms with Gasteiger partial charge in [-0.05, 0) is 92.3 Å². The zero-order chi connectivity index (χ0) is 40.4. The quantitative estimate of drug-likeness (QED) is 0.0686. The maximum absolute atomic E-state index is 11.8. The van der Waals surface area contributed by atoms with Gasteiger partial charge in [-0.3, -0.25) is 4.79 Å². The van der Waals surface area contributed by atoms with Gasteiger partial charge in [0.1, 0.15) is 0 Å². The van der Waals surface area contributed by atoms with Crippen molar-refractivity contribution in [3.63, 3.8) is 0 Å². The van der Waals surface area contributed by atoms with Crippen molar-refractivity contribution in [2.24, 2.45) is 46.3 Å². The lowest BCUT2D eigenvalue weighted by molar-refractivity contribution is -0.119.